The lowest BCUT2D eigenvalue weighted by atomic mass is 10.3. The molecule has 1 rings (SSSR count). The predicted molar refractivity (Wildman–Crippen MR) is 46.2 cm³/mol. The van der Waals surface area contributed by atoms with E-state index in [1.165, 1.54) is 0 Å². The molecule has 0 saturated carbocycles. The van der Waals surface area contributed by atoms with Gasteiger partial charge in [-0.3, -0.25) is 4.79 Å². The van der Waals surface area contributed by atoms with Crippen LogP contribution in [0.1, 0.15) is 5.56 Å². The maximum atomic E-state index is 11.8. The largest absolute Gasteiger partial charge is 0.573 e. The molecular weight excluding hydrogens is 281 g/mol. The molecule has 1 heterocycles. The number of ether oxygens (including phenoxy) is 1. The van der Waals surface area contributed by atoms with Gasteiger partial charge >= 0.3 is 6.36 Å². The molecule has 4 nitrogen and oxygen atoms in total. The van der Waals surface area contributed by atoms with E-state index in [2.05, 4.69) is 20.7 Å². The van der Waals surface area contributed by atoms with Crippen LogP contribution in [0.15, 0.2) is 15.5 Å². The number of nitriles is 1. The van der Waals surface area contributed by atoms with Crippen LogP contribution in [-0.2, 0) is 0 Å². The molecule has 0 unspecified atom stereocenters. The number of aromatic nitrogens is 1. The fraction of sp³-hybridized carbons (Fsp3) is 0.143. The van der Waals surface area contributed by atoms with Crippen LogP contribution in [0.3, 0.4) is 0 Å². The molecule has 0 spiro atoms. The number of nitrogens with zero attached hydrogens (tertiary/aromatic N) is 1. The average Bonchev–Trinajstić information content (AvgIpc) is 2.07. The number of nitrogens with one attached hydrogen (secondary N) is 1. The molecule has 0 aliphatic rings. The topological polar surface area (TPSA) is 65.9 Å². The normalized spacial score (nSPS) is 10.9. The van der Waals surface area contributed by atoms with Gasteiger partial charge in [0.15, 0.2) is 5.75 Å². The molecule has 1 aromatic rings. The molecule has 0 saturated heterocycles. The summed E-state index contributed by atoms with van der Waals surface area (Å²) in [6.45, 7) is 0. The fourth-order valence-electron chi connectivity index (χ4n) is 0.770. The summed E-state index contributed by atoms with van der Waals surface area (Å²) in [7, 11) is 0. The van der Waals surface area contributed by atoms with Crippen LogP contribution >= 0.6 is 15.9 Å². The molecule has 0 atom stereocenters. The highest BCUT2D eigenvalue weighted by molar-refractivity contribution is 9.10. The Morgan fingerprint density at radius 2 is 2.13 bits per heavy atom. The number of rotatable bonds is 1. The summed E-state index contributed by atoms with van der Waals surface area (Å²) in [6, 6.07) is 2.29. The SMILES string of the molecule is N#Cc1cc(OC(F)(F)F)c(=O)[nH]c1Br. The number of H-pyrrole nitrogens is 1. The first kappa shape index (κ1) is 11.6. The second-order valence-corrected chi connectivity index (χ2v) is 3.14. The van der Waals surface area contributed by atoms with Crippen molar-refractivity contribution < 1.29 is 17.9 Å². The van der Waals surface area contributed by atoms with E-state index in [1.54, 1.807) is 6.07 Å². The minimum absolute atomic E-state index is 0.00419. The molecule has 8 heteroatoms. The first-order valence-electron chi connectivity index (χ1n) is 3.42. The molecule has 1 aromatic heterocycles. The molecule has 0 radical (unpaired) electrons. The smallest absolute Gasteiger partial charge is 0.400 e. The van der Waals surface area contributed by atoms with Crippen molar-refractivity contribution in [2.75, 3.05) is 0 Å². The van der Waals surface area contributed by atoms with Gasteiger partial charge in [-0.05, 0) is 15.9 Å². The van der Waals surface area contributed by atoms with Crippen molar-refractivity contribution in [2.24, 2.45) is 0 Å². The number of hydrogen-bond donors (Lipinski definition) is 1. The molecular formula is C7H2BrF3N2O2. The highest BCUT2D eigenvalue weighted by Gasteiger charge is 2.32. The Bertz CT molecular complexity index is 475. The number of pyridine rings is 1. The van der Waals surface area contributed by atoms with Gasteiger partial charge in [0.05, 0.1) is 5.56 Å². The second-order valence-electron chi connectivity index (χ2n) is 2.35. The molecule has 15 heavy (non-hydrogen) atoms. The molecule has 0 aromatic carbocycles. The van der Waals surface area contributed by atoms with Crippen LogP contribution in [-0.4, -0.2) is 11.3 Å². The van der Waals surface area contributed by atoms with Gasteiger partial charge in [0.1, 0.15) is 10.7 Å². The zero-order valence-corrected chi connectivity index (χ0v) is 8.44. The van der Waals surface area contributed by atoms with Gasteiger partial charge in [-0.2, -0.15) is 5.26 Å². The summed E-state index contributed by atoms with van der Waals surface area (Å²) in [5.41, 5.74) is -1.23. The summed E-state index contributed by atoms with van der Waals surface area (Å²) in [5, 5.41) is 8.49. The third-order valence-corrected chi connectivity index (χ3v) is 1.93. The van der Waals surface area contributed by atoms with Crippen molar-refractivity contribution in [3.05, 3.63) is 26.6 Å². The number of aromatic amines is 1. The average molecular weight is 283 g/mol. The minimum Gasteiger partial charge on any atom is -0.400 e. The van der Waals surface area contributed by atoms with E-state index in [1.807, 2.05) is 4.98 Å². The van der Waals surface area contributed by atoms with E-state index in [0.717, 1.165) is 0 Å². The summed E-state index contributed by atoms with van der Waals surface area (Å²) >= 11 is 2.81. The summed E-state index contributed by atoms with van der Waals surface area (Å²) in [4.78, 5) is 13.0. The molecule has 0 aliphatic heterocycles. The maximum absolute atomic E-state index is 11.8. The predicted octanol–water partition coefficient (Wildman–Crippen LogP) is 1.91. The highest BCUT2D eigenvalue weighted by Crippen LogP contribution is 2.22. The first-order valence-corrected chi connectivity index (χ1v) is 4.21. The van der Waals surface area contributed by atoms with E-state index >= 15 is 0 Å². The fourth-order valence-corrected chi connectivity index (χ4v) is 1.15. The van der Waals surface area contributed by atoms with Gasteiger partial charge < -0.3 is 9.72 Å². The molecule has 0 amide bonds. The lowest BCUT2D eigenvalue weighted by Crippen LogP contribution is -2.23. The van der Waals surface area contributed by atoms with Crippen LogP contribution in [0, 0.1) is 11.3 Å². The first-order chi connectivity index (χ1) is 6.83. The minimum atomic E-state index is -4.96. The molecule has 0 bridgehead atoms. The van der Waals surface area contributed by atoms with E-state index < -0.39 is 17.7 Å². The van der Waals surface area contributed by atoms with Crippen LogP contribution < -0.4 is 10.3 Å². The quantitative estimate of drug-likeness (QED) is 0.800. The Kier molecular flexibility index (Phi) is 3.04. The zero-order chi connectivity index (χ0) is 11.6. The molecule has 0 aliphatic carbocycles. The Morgan fingerprint density at radius 1 is 1.53 bits per heavy atom. The highest BCUT2D eigenvalue weighted by atomic mass is 79.9. The number of alkyl halides is 3. The van der Waals surface area contributed by atoms with E-state index in [-0.39, 0.29) is 10.2 Å². The van der Waals surface area contributed by atoms with Crippen molar-refractivity contribution >= 4 is 15.9 Å². The Morgan fingerprint density at radius 3 is 2.60 bits per heavy atom. The van der Waals surface area contributed by atoms with Crippen LogP contribution in [0.5, 0.6) is 5.75 Å². The number of halogens is 4. The Hall–Kier alpha value is -1.49. The van der Waals surface area contributed by atoms with E-state index in [4.69, 9.17) is 5.26 Å². The Labute approximate surface area is 89.4 Å². The maximum Gasteiger partial charge on any atom is 0.573 e. The molecule has 80 valence electrons. The van der Waals surface area contributed by atoms with Gasteiger partial charge in [0, 0.05) is 6.07 Å². The van der Waals surface area contributed by atoms with Crippen molar-refractivity contribution in [3.63, 3.8) is 0 Å². The summed E-state index contributed by atoms with van der Waals surface area (Å²) < 4.78 is 38.8. The number of hydrogen-bond acceptors (Lipinski definition) is 3. The van der Waals surface area contributed by atoms with Crippen LogP contribution in [0.2, 0.25) is 0 Å². The standard InChI is InChI=1S/C7H2BrF3N2O2/c8-5-3(2-12)1-4(6(14)13-5)15-7(9,10)11/h1H,(H,13,14). The van der Waals surface area contributed by atoms with Gasteiger partial charge in [-0.15, -0.1) is 13.2 Å². The van der Waals surface area contributed by atoms with Crippen LogP contribution in [0.25, 0.3) is 0 Å². The third kappa shape index (κ3) is 2.99. The molecule has 0 fully saturated rings. The third-order valence-electron chi connectivity index (χ3n) is 1.31. The lowest BCUT2D eigenvalue weighted by molar-refractivity contribution is -0.275. The lowest BCUT2D eigenvalue weighted by Gasteiger charge is -2.07. The van der Waals surface area contributed by atoms with Crippen molar-refractivity contribution in [1.29, 1.82) is 5.26 Å². The van der Waals surface area contributed by atoms with Gasteiger partial charge in [0.2, 0.25) is 0 Å². The van der Waals surface area contributed by atoms with Crippen molar-refractivity contribution in [3.8, 4) is 11.8 Å². The summed E-state index contributed by atoms with van der Waals surface area (Å²) in [6.07, 6.45) is -4.96. The molecule has 1 N–H and O–H groups in total. The second kappa shape index (κ2) is 3.94. The van der Waals surface area contributed by atoms with Gasteiger partial charge in [-0.1, -0.05) is 0 Å². The van der Waals surface area contributed by atoms with E-state index in [9.17, 15) is 18.0 Å². The Balaban J connectivity index is 3.21. The zero-order valence-electron chi connectivity index (χ0n) is 6.85. The summed E-state index contributed by atoms with van der Waals surface area (Å²) in [5.74, 6) is -0.970. The monoisotopic (exact) mass is 282 g/mol. The van der Waals surface area contributed by atoms with Gasteiger partial charge in [-0.25, -0.2) is 0 Å². The van der Waals surface area contributed by atoms with Crippen molar-refractivity contribution in [1.82, 2.24) is 4.98 Å². The van der Waals surface area contributed by atoms with Crippen LogP contribution in [0.4, 0.5) is 13.2 Å². The van der Waals surface area contributed by atoms with E-state index in [0.29, 0.717) is 6.07 Å². The van der Waals surface area contributed by atoms with Crippen molar-refractivity contribution in [2.45, 2.75) is 6.36 Å². The van der Waals surface area contributed by atoms with Gasteiger partial charge in [0.25, 0.3) is 5.56 Å².